The number of halogens is 1. The van der Waals surface area contributed by atoms with E-state index in [0.717, 1.165) is 29.9 Å². The van der Waals surface area contributed by atoms with Gasteiger partial charge in [0.15, 0.2) is 17.2 Å². The van der Waals surface area contributed by atoms with Crippen LogP contribution in [0.2, 0.25) is 0 Å². The molecule has 0 saturated carbocycles. The van der Waals surface area contributed by atoms with Gasteiger partial charge in [-0.2, -0.15) is 0 Å². The maximum Gasteiger partial charge on any atom is 0.273 e. The van der Waals surface area contributed by atoms with Crippen molar-refractivity contribution in [1.29, 1.82) is 0 Å². The molecule has 9 heteroatoms. The number of carbonyl (C=O) groups excluding carboxylic acids is 1. The molecule has 166 valence electrons. The fraction of sp³-hybridized carbons (Fsp3) is 0.348. The number of hydrogen-bond acceptors (Lipinski definition) is 6. The minimum atomic E-state index is -0.338. The maximum atomic E-state index is 13.2. The van der Waals surface area contributed by atoms with Gasteiger partial charge in [0.25, 0.3) is 5.91 Å². The number of nitrogens with zero attached hydrogens (tertiary/aromatic N) is 3. The van der Waals surface area contributed by atoms with Crippen molar-refractivity contribution in [3.63, 3.8) is 0 Å². The molecule has 1 aromatic heterocycles. The Morgan fingerprint density at radius 1 is 1.12 bits per heavy atom. The first kappa shape index (κ1) is 20.4. The smallest absolute Gasteiger partial charge is 0.273 e. The van der Waals surface area contributed by atoms with Gasteiger partial charge >= 0.3 is 0 Å². The van der Waals surface area contributed by atoms with Crippen LogP contribution in [0.5, 0.6) is 11.5 Å². The second kappa shape index (κ2) is 8.23. The summed E-state index contributed by atoms with van der Waals surface area (Å²) in [6, 6.07) is 11.8. The second-order valence-corrected chi connectivity index (χ2v) is 8.06. The van der Waals surface area contributed by atoms with E-state index < -0.39 is 0 Å². The molecule has 0 unspecified atom stereocenters. The molecule has 0 aliphatic carbocycles. The Labute approximate surface area is 184 Å². The summed E-state index contributed by atoms with van der Waals surface area (Å²) >= 11 is 0. The average Bonchev–Trinajstić information content (AvgIpc) is 3.45. The summed E-state index contributed by atoms with van der Waals surface area (Å²) in [7, 11) is 0. The lowest BCUT2D eigenvalue weighted by Gasteiger charge is -2.38. The predicted octanol–water partition coefficient (Wildman–Crippen LogP) is 2.92. The van der Waals surface area contributed by atoms with Crippen molar-refractivity contribution in [2.75, 3.05) is 26.6 Å². The Hall–Kier alpha value is -3.46. The lowest BCUT2D eigenvalue weighted by molar-refractivity contribution is 0.0486. The van der Waals surface area contributed by atoms with Gasteiger partial charge in [-0.1, -0.05) is 11.3 Å². The summed E-state index contributed by atoms with van der Waals surface area (Å²) in [5.41, 5.74) is 2.25. The number of fused-ring (bicyclic) bond motifs is 1. The molecule has 1 saturated heterocycles. The van der Waals surface area contributed by atoms with Gasteiger partial charge in [-0.05, 0) is 61.7 Å². The van der Waals surface area contributed by atoms with E-state index in [9.17, 15) is 9.18 Å². The van der Waals surface area contributed by atoms with Gasteiger partial charge in [0.05, 0.1) is 11.4 Å². The molecule has 2 aliphatic rings. The van der Waals surface area contributed by atoms with E-state index in [1.807, 2.05) is 18.2 Å². The van der Waals surface area contributed by atoms with E-state index in [-0.39, 0.29) is 29.6 Å². The van der Waals surface area contributed by atoms with E-state index in [0.29, 0.717) is 31.1 Å². The molecule has 0 radical (unpaired) electrons. The number of carbonyl (C=O) groups is 1. The minimum Gasteiger partial charge on any atom is -0.454 e. The molecule has 1 fully saturated rings. The molecule has 32 heavy (non-hydrogen) atoms. The van der Waals surface area contributed by atoms with Crippen LogP contribution >= 0.6 is 0 Å². The minimum absolute atomic E-state index is 0.217. The summed E-state index contributed by atoms with van der Waals surface area (Å²) in [5, 5.41) is 11.2. The van der Waals surface area contributed by atoms with Crippen molar-refractivity contribution in [2.45, 2.75) is 25.2 Å². The first-order valence-electron chi connectivity index (χ1n) is 10.5. The van der Waals surface area contributed by atoms with E-state index in [2.05, 4.69) is 15.6 Å². The van der Waals surface area contributed by atoms with Crippen molar-refractivity contribution < 1.29 is 23.4 Å². The standard InChI is InChI=1S/C23H23FN4O4/c1-15-21(26-27-28(15)18-5-3-17(24)4-6-18)22(29)25-13-23(8-10-30-11-9-23)16-2-7-19-20(12-16)32-14-31-19/h2-7,12H,8-11,13-14H2,1H3,(H,25,29). The Balaban J connectivity index is 1.36. The van der Waals surface area contributed by atoms with E-state index >= 15 is 0 Å². The monoisotopic (exact) mass is 438 g/mol. The summed E-state index contributed by atoms with van der Waals surface area (Å²) < 4.78 is 31.3. The molecule has 0 atom stereocenters. The third kappa shape index (κ3) is 3.69. The number of rotatable bonds is 5. The molecule has 3 aromatic rings. The molecule has 0 bridgehead atoms. The highest BCUT2D eigenvalue weighted by Gasteiger charge is 2.36. The normalized spacial score (nSPS) is 16.7. The number of amides is 1. The highest BCUT2D eigenvalue weighted by atomic mass is 19.1. The van der Waals surface area contributed by atoms with Crippen LogP contribution in [0, 0.1) is 12.7 Å². The van der Waals surface area contributed by atoms with Gasteiger partial charge in [0.2, 0.25) is 6.79 Å². The number of ether oxygens (including phenoxy) is 3. The molecule has 0 spiro atoms. The van der Waals surface area contributed by atoms with Crippen molar-refractivity contribution in [2.24, 2.45) is 0 Å². The van der Waals surface area contributed by atoms with Crippen molar-refractivity contribution in [3.8, 4) is 17.2 Å². The summed E-state index contributed by atoms with van der Waals surface area (Å²) in [4.78, 5) is 13.0. The largest absolute Gasteiger partial charge is 0.454 e. The van der Waals surface area contributed by atoms with Gasteiger partial charge in [-0.25, -0.2) is 9.07 Å². The number of nitrogens with one attached hydrogen (secondary N) is 1. The highest BCUT2D eigenvalue weighted by Crippen LogP contribution is 2.40. The SMILES string of the molecule is Cc1c(C(=O)NCC2(c3ccc4c(c3)OCO4)CCOCC2)nnn1-c1ccc(F)cc1. The lowest BCUT2D eigenvalue weighted by atomic mass is 9.74. The molecular weight excluding hydrogens is 415 g/mol. The van der Waals surface area contributed by atoms with Crippen molar-refractivity contribution in [3.05, 3.63) is 65.2 Å². The Kier molecular flexibility index (Phi) is 5.26. The topological polar surface area (TPSA) is 87.5 Å². The average molecular weight is 438 g/mol. The van der Waals surface area contributed by atoms with Crippen LogP contribution in [0.25, 0.3) is 5.69 Å². The zero-order valence-corrected chi connectivity index (χ0v) is 17.6. The van der Waals surface area contributed by atoms with E-state index in [4.69, 9.17) is 14.2 Å². The van der Waals surface area contributed by atoms with Crippen LogP contribution in [0.1, 0.15) is 34.6 Å². The van der Waals surface area contributed by atoms with Gasteiger partial charge in [0, 0.05) is 25.2 Å². The second-order valence-electron chi connectivity index (χ2n) is 8.06. The molecule has 8 nitrogen and oxygen atoms in total. The maximum absolute atomic E-state index is 13.2. The predicted molar refractivity (Wildman–Crippen MR) is 113 cm³/mol. The van der Waals surface area contributed by atoms with Crippen LogP contribution in [0.3, 0.4) is 0 Å². The van der Waals surface area contributed by atoms with Crippen molar-refractivity contribution >= 4 is 5.91 Å². The van der Waals surface area contributed by atoms with Gasteiger partial charge in [-0.15, -0.1) is 5.10 Å². The van der Waals surface area contributed by atoms with E-state index in [1.165, 1.54) is 16.8 Å². The van der Waals surface area contributed by atoms with Gasteiger partial charge in [-0.3, -0.25) is 4.79 Å². The molecule has 2 aliphatic heterocycles. The van der Waals surface area contributed by atoms with Crippen LogP contribution in [-0.2, 0) is 10.2 Å². The Bertz CT molecular complexity index is 1140. The fourth-order valence-corrected chi connectivity index (χ4v) is 4.26. The highest BCUT2D eigenvalue weighted by molar-refractivity contribution is 5.93. The Morgan fingerprint density at radius 3 is 2.66 bits per heavy atom. The molecule has 2 aromatic carbocycles. The number of hydrogen-bond donors (Lipinski definition) is 1. The summed E-state index contributed by atoms with van der Waals surface area (Å²) in [6.07, 6.45) is 1.54. The zero-order valence-electron chi connectivity index (χ0n) is 17.6. The van der Waals surface area contributed by atoms with Crippen LogP contribution in [0.15, 0.2) is 42.5 Å². The summed E-state index contributed by atoms with van der Waals surface area (Å²) in [6.45, 7) is 3.64. The number of aromatic nitrogens is 3. The van der Waals surface area contributed by atoms with Crippen molar-refractivity contribution in [1.82, 2.24) is 20.3 Å². The zero-order chi connectivity index (χ0) is 22.1. The molecule has 1 N–H and O–H groups in total. The first-order chi connectivity index (χ1) is 15.6. The van der Waals surface area contributed by atoms with Crippen LogP contribution in [0.4, 0.5) is 4.39 Å². The first-order valence-corrected chi connectivity index (χ1v) is 10.5. The third-order valence-electron chi connectivity index (χ3n) is 6.20. The number of benzene rings is 2. The third-order valence-corrected chi connectivity index (χ3v) is 6.20. The molecule has 3 heterocycles. The molecule has 5 rings (SSSR count). The fourth-order valence-electron chi connectivity index (χ4n) is 4.26. The van der Waals surface area contributed by atoms with Crippen LogP contribution in [-0.4, -0.2) is 47.5 Å². The quantitative estimate of drug-likeness (QED) is 0.659. The van der Waals surface area contributed by atoms with Crippen LogP contribution < -0.4 is 14.8 Å². The van der Waals surface area contributed by atoms with E-state index in [1.54, 1.807) is 19.1 Å². The van der Waals surface area contributed by atoms with Gasteiger partial charge < -0.3 is 19.5 Å². The molecule has 1 amide bonds. The Morgan fingerprint density at radius 2 is 1.88 bits per heavy atom. The van der Waals surface area contributed by atoms with Gasteiger partial charge in [0.1, 0.15) is 5.82 Å². The summed E-state index contributed by atoms with van der Waals surface area (Å²) in [5.74, 6) is 0.808. The lowest BCUT2D eigenvalue weighted by Crippen LogP contribution is -2.44. The molecular formula is C23H23FN4O4.